The molecule has 1 heterocycles. The van der Waals surface area contributed by atoms with Gasteiger partial charge in [-0.15, -0.1) is 0 Å². The van der Waals surface area contributed by atoms with Gasteiger partial charge in [-0.25, -0.2) is 0 Å². The van der Waals surface area contributed by atoms with E-state index in [0.717, 1.165) is 11.1 Å². The molecule has 3 heteroatoms. The van der Waals surface area contributed by atoms with Crippen LogP contribution in [0.1, 0.15) is 24.0 Å². The van der Waals surface area contributed by atoms with Crippen molar-refractivity contribution < 1.29 is 5.11 Å². The molecular formula is C10H14N2O. The van der Waals surface area contributed by atoms with Crippen molar-refractivity contribution in [1.82, 2.24) is 4.98 Å². The molecule has 0 atom stereocenters. The van der Waals surface area contributed by atoms with Crippen molar-refractivity contribution in [3.63, 3.8) is 0 Å². The van der Waals surface area contributed by atoms with Crippen LogP contribution < -0.4 is 5.73 Å². The molecule has 0 amide bonds. The molecule has 1 saturated carbocycles. The Morgan fingerprint density at radius 3 is 2.85 bits per heavy atom. The number of aromatic nitrogens is 1. The highest BCUT2D eigenvalue weighted by Gasteiger charge is 2.43. The molecule has 13 heavy (non-hydrogen) atoms. The lowest BCUT2D eigenvalue weighted by atomic mass is 9.71. The summed E-state index contributed by atoms with van der Waals surface area (Å²) in [6.45, 7) is 1.98. The zero-order valence-electron chi connectivity index (χ0n) is 7.70. The topological polar surface area (TPSA) is 59.1 Å². The van der Waals surface area contributed by atoms with E-state index < -0.39 is 5.60 Å². The van der Waals surface area contributed by atoms with Crippen molar-refractivity contribution in [2.24, 2.45) is 5.73 Å². The van der Waals surface area contributed by atoms with E-state index in [1.807, 2.05) is 13.0 Å². The van der Waals surface area contributed by atoms with Crippen LogP contribution in [0.15, 0.2) is 18.5 Å². The molecule has 0 aromatic carbocycles. The standard InChI is InChI=1S/C10H14N2O/c1-7-2-3-12-6-9(7)10(13)4-8(11)5-10/h2-3,6,8,13H,4-5,11H2,1H3. The van der Waals surface area contributed by atoms with Crippen molar-refractivity contribution >= 4 is 0 Å². The molecule has 70 valence electrons. The summed E-state index contributed by atoms with van der Waals surface area (Å²) in [6, 6.07) is 2.06. The zero-order chi connectivity index (χ0) is 9.47. The third-order valence-corrected chi connectivity index (χ3v) is 2.74. The molecule has 3 N–H and O–H groups in total. The fourth-order valence-electron chi connectivity index (χ4n) is 1.98. The summed E-state index contributed by atoms with van der Waals surface area (Å²) in [4.78, 5) is 4.02. The maximum absolute atomic E-state index is 10.1. The number of nitrogens with zero attached hydrogens (tertiary/aromatic N) is 1. The van der Waals surface area contributed by atoms with Crippen LogP contribution >= 0.6 is 0 Å². The number of aliphatic hydroxyl groups is 1. The number of nitrogens with two attached hydrogens (primary N) is 1. The van der Waals surface area contributed by atoms with E-state index in [-0.39, 0.29) is 6.04 Å². The molecule has 0 spiro atoms. The molecule has 0 unspecified atom stereocenters. The first-order chi connectivity index (χ1) is 6.12. The monoisotopic (exact) mass is 178 g/mol. The van der Waals surface area contributed by atoms with E-state index in [0.29, 0.717) is 12.8 Å². The smallest absolute Gasteiger partial charge is 0.0943 e. The minimum Gasteiger partial charge on any atom is -0.385 e. The molecule has 3 nitrogen and oxygen atoms in total. The number of hydrogen-bond acceptors (Lipinski definition) is 3. The molecule has 1 aliphatic carbocycles. The van der Waals surface area contributed by atoms with Gasteiger partial charge in [-0.2, -0.15) is 0 Å². The lowest BCUT2D eigenvalue weighted by Crippen LogP contribution is -2.49. The van der Waals surface area contributed by atoms with Gasteiger partial charge in [-0.05, 0) is 31.4 Å². The first-order valence-corrected chi connectivity index (χ1v) is 4.51. The summed E-state index contributed by atoms with van der Waals surface area (Å²) in [5.41, 5.74) is 6.97. The highest BCUT2D eigenvalue weighted by Crippen LogP contribution is 2.41. The molecule has 1 aromatic heterocycles. The lowest BCUT2D eigenvalue weighted by molar-refractivity contribution is -0.0530. The molecule has 0 radical (unpaired) electrons. The third kappa shape index (κ3) is 1.34. The van der Waals surface area contributed by atoms with Gasteiger partial charge >= 0.3 is 0 Å². The summed E-state index contributed by atoms with van der Waals surface area (Å²) < 4.78 is 0. The number of aryl methyl sites for hydroxylation is 1. The van der Waals surface area contributed by atoms with Gasteiger partial charge in [-0.1, -0.05) is 0 Å². The predicted molar refractivity (Wildman–Crippen MR) is 50.1 cm³/mol. The number of pyridine rings is 1. The van der Waals surface area contributed by atoms with Crippen LogP contribution in [0.25, 0.3) is 0 Å². The summed E-state index contributed by atoms with van der Waals surface area (Å²) in [5, 5.41) is 10.1. The average molecular weight is 178 g/mol. The Labute approximate surface area is 77.6 Å². The molecule has 0 aliphatic heterocycles. The summed E-state index contributed by atoms with van der Waals surface area (Å²) >= 11 is 0. The van der Waals surface area contributed by atoms with E-state index in [4.69, 9.17) is 5.73 Å². The minimum atomic E-state index is -0.711. The second-order valence-electron chi connectivity index (χ2n) is 3.89. The lowest BCUT2D eigenvalue weighted by Gasteiger charge is -2.42. The van der Waals surface area contributed by atoms with E-state index in [1.54, 1.807) is 12.4 Å². The van der Waals surface area contributed by atoms with Gasteiger partial charge in [0.25, 0.3) is 0 Å². The quantitative estimate of drug-likeness (QED) is 0.665. The summed E-state index contributed by atoms with van der Waals surface area (Å²) in [6.07, 6.45) is 4.78. The molecule has 0 bridgehead atoms. The Hall–Kier alpha value is -0.930. The van der Waals surface area contributed by atoms with Gasteiger partial charge in [0, 0.05) is 24.0 Å². The summed E-state index contributed by atoms with van der Waals surface area (Å²) in [7, 11) is 0. The largest absolute Gasteiger partial charge is 0.385 e. The Bertz CT molecular complexity index is 318. The van der Waals surface area contributed by atoms with Gasteiger partial charge in [0.05, 0.1) is 5.60 Å². The van der Waals surface area contributed by atoms with Crippen molar-refractivity contribution in [3.05, 3.63) is 29.6 Å². The molecule has 2 rings (SSSR count). The Morgan fingerprint density at radius 2 is 2.31 bits per heavy atom. The van der Waals surface area contributed by atoms with Gasteiger partial charge in [-0.3, -0.25) is 4.98 Å². The van der Waals surface area contributed by atoms with Gasteiger partial charge in [0.15, 0.2) is 0 Å². The van der Waals surface area contributed by atoms with E-state index in [1.165, 1.54) is 0 Å². The highest BCUT2D eigenvalue weighted by atomic mass is 16.3. The molecule has 1 aliphatic rings. The van der Waals surface area contributed by atoms with Crippen molar-refractivity contribution in [3.8, 4) is 0 Å². The molecule has 0 saturated heterocycles. The fraction of sp³-hybridized carbons (Fsp3) is 0.500. The van der Waals surface area contributed by atoms with Gasteiger partial charge in [0.2, 0.25) is 0 Å². The minimum absolute atomic E-state index is 0.143. The maximum Gasteiger partial charge on any atom is 0.0943 e. The van der Waals surface area contributed by atoms with Crippen molar-refractivity contribution in [2.45, 2.75) is 31.4 Å². The first-order valence-electron chi connectivity index (χ1n) is 4.51. The fourth-order valence-corrected chi connectivity index (χ4v) is 1.98. The van der Waals surface area contributed by atoms with Crippen LogP contribution in [0, 0.1) is 6.92 Å². The van der Waals surface area contributed by atoms with Gasteiger partial charge < -0.3 is 10.8 Å². The van der Waals surface area contributed by atoms with Crippen LogP contribution in [0.3, 0.4) is 0 Å². The SMILES string of the molecule is Cc1ccncc1C1(O)CC(N)C1. The van der Waals surface area contributed by atoms with Crippen LogP contribution in [0.2, 0.25) is 0 Å². The van der Waals surface area contributed by atoms with E-state index in [2.05, 4.69) is 4.98 Å². The van der Waals surface area contributed by atoms with Gasteiger partial charge in [0.1, 0.15) is 0 Å². The molecule has 1 fully saturated rings. The second kappa shape index (κ2) is 2.79. The number of rotatable bonds is 1. The number of hydrogen-bond donors (Lipinski definition) is 2. The van der Waals surface area contributed by atoms with Crippen molar-refractivity contribution in [2.75, 3.05) is 0 Å². The molecule has 1 aromatic rings. The Morgan fingerprint density at radius 1 is 1.62 bits per heavy atom. The Kier molecular flexibility index (Phi) is 1.86. The molecular weight excluding hydrogens is 164 g/mol. The summed E-state index contributed by atoms with van der Waals surface area (Å²) in [5.74, 6) is 0. The van der Waals surface area contributed by atoms with E-state index in [9.17, 15) is 5.11 Å². The zero-order valence-corrected chi connectivity index (χ0v) is 7.70. The van der Waals surface area contributed by atoms with Crippen LogP contribution in [-0.4, -0.2) is 16.1 Å². The Balaban J connectivity index is 2.31. The second-order valence-corrected chi connectivity index (χ2v) is 3.89. The van der Waals surface area contributed by atoms with E-state index >= 15 is 0 Å². The third-order valence-electron chi connectivity index (χ3n) is 2.74. The van der Waals surface area contributed by atoms with Crippen molar-refractivity contribution in [1.29, 1.82) is 0 Å². The van der Waals surface area contributed by atoms with Crippen LogP contribution in [0.4, 0.5) is 0 Å². The normalized spacial score (nSPS) is 32.7. The van der Waals surface area contributed by atoms with Crippen LogP contribution in [-0.2, 0) is 5.60 Å². The first kappa shape index (κ1) is 8.66. The maximum atomic E-state index is 10.1. The van der Waals surface area contributed by atoms with Crippen LogP contribution in [0.5, 0.6) is 0 Å². The predicted octanol–water partition coefficient (Wildman–Crippen LogP) is 0.699. The average Bonchev–Trinajstić information content (AvgIpc) is 2.02. The highest BCUT2D eigenvalue weighted by molar-refractivity contribution is 5.30.